The molecule has 2 N–H and O–H groups in total. The van der Waals surface area contributed by atoms with Gasteiger partial charge in [-0.15, -0.1) is 24.0 Å². The molecule has 0 fully saturated rings. The number of hydrogen-bond donors (Lipinski definition) is 2. The number of halogens is 1. The van der Waals surface area contributed by atoms with Crippen LogP contribution in [0.2, 0.25) is 0 Å². The van der Waals surface area contributed by atoms with Crippen LogP contribution in [0, 0.1) is 0 Å². The Morgan fingerprint density at radius 2 is 2.13 bits per heavy atom. The van der Waals surface area contributed by atoms with Gasteiger partial charge in [-0.05, 0) is 37.0 Å². The van der Waals surface area contributed by atoms with E-state index < -0.39 is 0 Å². The summed E-state index contributed by atoms with van der Waals surface area (Å²) in [6.45, 7) is 6.13. The zero-order chi connectivity index (χ0) is 15.6. The molecule has 0 atom stereocenters. The highest BCUT2D eigenvalue weighted by Gasteiger charge is 2.11. The van der Waals surface area contributed by atoms with E-state index in [0.717, 1.165) is 63.9 Å². The number of aliphatic imine (C=N–C) groups is 1. The van der Waals surface area contributed by atoms with Crippen molar-refractivity contribution in [3.8, 4) is 5.75 Å². The normalized spacial score (nSPS) is 13.0. The van der Waals surface area contributed by atoms with E-state index in [1.807, 2.05) is 6.92 Å². The van der Waals surface area contributed by atoms with Gasteiger partial charge in [0, 0.05) is 39.8 Å². The monoisotopic (exact) mass is 433 g/mol. The van der Waals surface area contributed by atoms with Crippen molar-refractivity contribution in [3.63, 3.8) is 0 Å². The summed E-state index contributed by atoms with van der Waals surface area (Å²) in [6.07, 6.45) is 2.99. The lowest BCUT2D eigenvalue weighted by Gasteiger charge is -2.12. The number of guanidine groups is 1. The Hall–Kier alpha value is -1.02. The maximum atomic E-state index is 5.53. The van der Waals surface area contributed by atoms with Gasteiger partial charge in [0.1, 0.15) is 5.75 Å². The zero-order valence-electron chi connectivity index (χ0n) is 14.1. The first-order valence-corrected chi connectivity index (χ1v) is 8.10. The van der Waals surface area contributed by atoms with Crippen molar-refractivity contribution in [2.45, 2.75) is 26.2 Å². The van der Waals surface area contributed by atoms with Crippen molar-refractivity contribution in [2.75, 3.05) is 40.0 Å². The molecule has 1 heterocycles. The highest BCUT2D eigenvalue weighted by molar-refractivity contribution is 14.0. The van der Waals surface area contributed by atoms with E-state index in [1.54, 1.807) is 7.05 Å². The van der Waals surface area contributed by atoms with E-state index in [9.17, 15) is 0 Å². The second kappa shape index (κ2) is 11.5. The minimum atomic E-state index is 0. The quantitative estimate of drug-likeness (QED) is 0.286. The molecule has 0 saturated carbocycles. The third-order valence-electron chi connectivity index (χ3n) is 3.65. The number of fused-ring (bicyclic) bond motifs is 1. The zero-order valence-corrected chi connectivity index (χ0v) is 16.4. The van der Waals surface area contributed by atoms with Gasteiger partial charge >= 0.3 is 0 Å². The summed E-state index contributed by atoms with van der Waals surface area (Å²) in [5, 5.41) is 6.64. The molecule has 0 bridgehead atoms. The van der Waals surface area contributed by atoms with Crippen molar-refractivity contribution in [2.24, 2.45) is 4.99 Å². The Balaban J connectivity index is 0.00000264. The summed E-state index contributed by atoms with van der Waals surface area (Å²) in [5.41, 5.74) is 2.67. The van der Waals surface area contributed by atoms with Crippen LogP contribution in [0.3, 0.4) is 0 Å². The van der Waals surface area contributed by atoms with Crippen LogP contribution >= 0.6 is 24.0 Å². The Labute approximate surface area is 156 Å². The molecule has 1 aliphatic heterocycles. The summed E-state index contributed by atoms with van der Waals surface area (Å²) < 4.78 is 10.8. The number of rotatable bonds is 8. The Bertz CT molecular complexity index is 495. The smallest absolute Gasteiger partial charge is 0.190 e. The second-order valence-corrected chi connectivity index (χ2v) is 5.27. The number of benzene rings is 1. The van der Waals surface area contributed by atoms with E-state index >= 15 is 0 Å². The summed E-state index contributed by atoms with van der Waals surface area (Å²) in [5.74, 6) is 1.89. The number of hydrogen-bond acceptors (Lipinski definition) is 3. The molecule has 0 amide bonds. The molecule has 130 valence electrons. The molecule has 2 rings (SSSR count). The standard InChI is InChI=1S/C17H27N3O2.HI/c1-3-21-11-4-9-19-17(18-2)20-10-7-14-5-6-16-15(13-14)8-12-22-16;/h5-6,13H,3-4,7-12H2,1-2H3,(H2,18,19,20);1H. The molecule has 1 aromatic carbocycles. The van der Waals surface area contributed by atoms with Gasteiger partial charge in [-0.1, -0.05) is 12.1 Å². The van der Waals surface area contributed by atoms with E-state index in [1.165, 1.54) is 11.1 Å². The summed E-state index contributed by atoms with van der Waals surface area (Å²) in [4.78, 5) is 4.23. The molecule has 0 aromatic heterocycles. The fourth-order valence-electron chi connectivity index (χ4n) is 2.47. The average molecular weight is 433 g/mol. The second-order valence-electron chi connectivity index (χ2n) is 5.27. The van der Waals surface area contributed by atoms with E-state index in [0.29, 0.717) is 0 Å². The van der Waals surface area contributed by atoms with Crippen molar-refractivity contribution in [1.29, 1.82) is 0 Å². The van der Waals surface area contributed by atoms with Crippen LogP contribution < -0.4 is 15.4 Å². The Kier molecular flexibility index (Phi) is 10.0. The van der Waals surface area contributed by atoms with Gasteiger partial charge in [0.25, 0.3) is 0 Å². The average Bonchev–Trinajstić information content (AvgIpc) is 3.00. The molecular weight excluding hydrogens is 405 g/mol. The predicted molar refractivity (Wildman–Crippen MR) is 105 cm³/mol. The van der Waals surface area contributed by atoms with E-state index in [4.69, 9.17) is 9.47 Å². The minimum Gasteiger partial charge on any atom is -0.493 e. The molecule has 1 aromatic rings. The summed E-state index contributed by atoms with van der Waals surface area (Å²) in [7, 11) is 1.80. The largest absolute Gasteiger partial charge is 0.493 e. The van der Waals surface area contributed by atoms with Crippen LogP contribution in [-0.4, -0.2) is 45.9 Å². The Morgan fingerprint density at radius 3 is 2.91 bits per heavy atom. The van der Waals surface area contributed by atoms with Crippen molar-refractivity contribution >= 4 is 29.9 Å². The van der Waals surface area contributed by atoms with Crippen LogP contribution in [0.15, 0.2) is 23.2 Å². The lowest BCUT2D eigenvalue weighted by atomic mass is 10.1. The topological polar surface area (TPSA) is 54.9 Å². The van der Waals surface area contributed by atoms with Crippen LogP contribution in [0.25, 0.3) is 0 Å². The lowest BCUT2D eigenvalue weighted by molar-refractivity contribution is 0.145. The van der Waals surface area contributed by atoms with Gasteiger partial charge < -0.3 is 20.1 Å². The van der Waals surface area contributed by atoms with Crippen molar-refractivity contribution in [1.82, 2.24) is 10.6 Å². The molecule has 0 unspecified atom stereocenters. The number of nitrogens with zero attached hydrogens (tertiary/aromatic N) is 1. The third kappa shape index (κ3) is 6.95. The first-order valence-electron chi connectivity index (χ1n) is 8.10. The molecule has 0 spiro atoms. The summed E-state index contributed by atoms with van der Waals surface area (Å²) in [6, 6.07) is 6.48. The van der Waals surface area contributed by atoms with E-state index in [2.05, 4.69) is 33.8 Å². The SMILES string of the molecule is CCOCCCNC(=NC)NCCc1ccc2c(c1)CCO2.I. The number of nitrogens with one attached hydrogen (secondary N) is 2. The Morgan fingerprint density at radius 1 is 1.30 bits per heavy atom. The first-order chi connectivity index (χ1) is 10.8. The fourth-order valence-corrected chi connectivity index (χ4v) is 2.47. The van der Waals surface area contributed by atoms with Crippen LogP contribution in [0.4, 0.5) is 0 Å². The van der Waals surface area contributed by atoms with E-state index in [-0.39, 0.29) is 24.0 Å². The molecule has 5 nitrogen and oxygen atoms in total. The summed E-state index contributed by atoms with van der Waals surface area (Å²) >= 11 is 0. The molecular formula is C17H28IN3O2. The lowest BCUT2D eigenvalue weighted by Crippen LogP contribution is -2.39. The molecule has 1 aliphatic rings. The van der Waals surface area contributed by atoms with Crippen molar-refractivity contribution in [3.05, 3.63) is 29.3 Å². The molecule has 0 radical (unpaired) electrons. The highest BCUT2D eigenvalue weighted by atomic mass is 127. The fraction of sp³-hybridized carbons (Fsp3) is 0.588. The van der Waals surface area contributed by atoms with Gasteiger partial charge in [0.15, 0.2) is 5.96 Å². The molecule has 23 heavy (non-hydrogen) atoms. The van der Waals surface area contributed by atoms with Crippen molar-refractivity contribution < 1.29 is 9.47 Å². The first kappa shape index (κ1) is 20.0. The highest BCUT2D eigenvalue weighted by Crippen LogP contribution is 2.25. The maximum absolute atomic E-state index is 5.53. The third-order valence-corrected chi connectivity index (χ3v) is 3.65. The van der Waals surface area contributed by atoms with Crippen LogP contribution in [-0.2, 0) is 17.6 Å². The predicted octanol–water partition coefficient (Wildman–Crippen LogP) is 2.37. The van der Waals surface area contributed by atoms with Crippen LogP contribution in [0.5, 0.6) is 5.75 Å². The van der Waals surface area contributed by atoms with Crippen LogP contribution in [0.1, 0.15) is 24.5 Å². The van der Waals surface area contributed by atoms with Gasteiger partial charge in [-0.25, -0.2) is 0 Å². The molecule has 0 aliphatic carbocycles. The number of ether oxygens (including phenoxy) is 2. The molecule has 0 saturated heterocycles. The van der Waals surface area contributed by atoms with Gasteiger partial charge in [0.2, 0.25) is 0 Å². The van der Waals surface area contributed by atoms with Gasteiger partial charge in [-0.2, -0.15) is 0 Å². The maximum Gasteiger partial charge on any atom is 0.190 e. The van der Waals surface area contributed by atoms with Gasteiger partial charge in [-0.3, -0.25) is 4.99 Å². The molecule has 6 heteroatoms. The van der Waals surface area contributed by atoms with Gasteiger partial charge in [0.05, 0.1) is 6.61 Å². The minimum absolute atomic E-state index is 0.